The molecule has 16 nitrogen and oxygen atoms in total. The van der Waals surface area contributed by atoms with E-state index in [1.54, 1.807) is 39.7 Å². The maximum absolute atomic E-state index is 13.2. The van der Waals surface area contributed by atoms with Crippen molar-refractivity contribution >= 4 is 20.5 Å². The van der Waals surface area contributed by atoms with E-state index < -0.39 is 65.2 Å². The van der Waals surface area contributed by atoms with Crippen molar-refractivity contribution in [1.82, 2.24) is 15.1 Å². The molecule has 55 heavy (non-hydrogen) atoms. The highest BCUT2D eigenvalue weighted by atomic mass is 31.1. The monoisotopic (exact) mass is 798 g/mol. The second kappa shape index (κ2) is 19.7. The van der Waals surface area contributed by atoms with E-state index in [4.69, 9.17) is 34.0 Å². The van der Waals surface area contributed by atoms with Gasteiger partial charge in [0, 0.05) is 57.0 Å². The predicted octanol–water partition coefficient (Wildman–Crippen LogP) is 6.17. The van der Waals surface area contributed by atoms with Crippen molar-refractivity contribution in [2.75, 3.05) is 40.8 Å². The van der Waals surface area contributed by atoms with Crippen LogP contribution in [-0.2, 0) is 37.8 Å². The fraction of sp³-hybridized carbons (Fsp3) is 0.895. The Morgan fingerprint density at radius 2 is 1.85 bits per heavy atom. The molecular formula is C38H67N6O10P. The van der Waals surface area contributed by atoms with E-state index in [0.29, 0.717) is 63.1 Å². The zero-order valence-corrected chi connectivity index (χ0v) is 36.1. The van der Waals surface area contributed by atoms with Gasteiger partial charge in [0.25, 0.3) is 0 Å². The minimum Gasteiger partial charge on any atom is -0.456 e. The van der Waals surface area contributed by atoms with Crippen LogP contribution < -0.4 is 5.32 Å². The summed E-state index contributed by atoms with van der Waals surface area (Å²) in [5.74, 6) is -1.80. The molecule has 0 saturated carbocycles. The first-order valence-corrected chi connectivity index (χ1v) is 20.5. The molecule has 2 saturated heterocycles. The summed E-state index contributed by atoms with van der Waals surface area (Å²) < 4.78 is 50.1. The predicted molar refractivity (Wildman–Crippen MR) is 207 cm³/mol. The summed E-state index contributed by atoms with van der Waals surface area (Å²) in [7, 11) is 5.42. The molecule has 1 amide bonds. The van der Waals surface area contributed by atoms with Gasteiger partial charge in [0.2, 0.25) is 5.79 Å². The molecule has 3 heterocycles. The van der Waals surface area contributed by atoms with E-state index in [1.165, 1.54) is 0 Å². The van der Waals surface area contributed by atoms with Gasteiger partial charge in [-0.1, -0.05) is 25.9 Å². The Morgan fingerprint density at radius 1 is 1.18 bits per heavy atom. The molecule has 3 aliphatic rings. The SMILES string of the molecule is CC[C@@H](O)[C@@]1(C)OC(=O)N(CCCCN=[N+]=[N-])[C@@H]1[C@@H](C)NC[C@H](C)C[C@@](C)(OC)[C@H](O[C@@H]1OC(C)CC(N(C)C)C1P=O)[C@@H](C)C1=C(C)C(=O)OC(C)(C)O1. The number of cyclic esters (lactones) is 2. The van der Waals surface area contributed by atoms with E-state index in [1.807, 2.05) is 53.6 Å². The smallest absolute Gasteiger partial charge is 0.410 e. The van der Waals surface area contributed by atoms with E-state index in [-0.39, 0.29) is 32.6 Å². The lowest BCUT2D eigenvalue weighted by atomic mass is 9.80. The van der Waals surface area contributed by atoms with Gasteiger partial charge < -0.3 is 43.7 Å². The first-order chi connectivity index (χ1) is 25.7. The van der Waals surface area contributed by atoms with Gasteiger partial charge in [-0.3, -0.25) is 9.46 Å². The van der Waals surface area contributed by atoms with Gasteiger partial charge in [-0.05, 0) is 98.8 Å². The fourth-order valence-corrected chi connectivity index (χ4v) is 9.30. The lowest BCUT2D eigenvalue weighted by Gasteiger charge is -2.47. The Morgan fingerprint density at radius 3 is 2.44 bits per heavy atom. The highest BCUT2D eigenvalue weighted by molar-refractivity contribution is 7.25. The molecule has 0 aromatic carbocycles. The number of esters is 1. The largest absolute Gasteiger partial charge is 0.456 e. The number of unbranched alkanes of at least 4 members (excludes halogenated alkanes) is 1. The summed E-state index contributed by atoms with van der Waals surface area (Å²) in [6, 6.07) is -0.839. The third kappa shape index (κ3) is 11.1. The molecule has 0 radical (unpaired) electrons. The summed E-state index contributed by atoms with van der Waals surface area (Å²) in [5.41, 5.74) is 6.36. The lowest BCUT2D eigenvalue weighted by Crippen LogP contribution is -2.60. The van der Waals surface area contributed by atoms with Crippen molar-refractivity contribution < 1.29 is 47.7 Å². The van der Waals surface area contributed by atoms with Crippen LogP contribution in [-0.4, -0.2) is 133 Å². The maximum Gasteiger partial charge on any atom is 0.410 e. The Kier molecular flexibility index (Phi) is 16.8. The number of carbonyl (C=O) groups is 2. The minimum atomic E-state index is -1.20. The normalized spacial score (nSPS) is 30.8. The van der Waals surface area contributed by atoms with E-state index >= 15 is 0 Å². The third-order valence-corrected chi connectivity index (χ3v) is 12.3. The molecule has 0 aliphatic carbocycles. The Balaban J connectivity index is 1.92. The molecule has 2 fully saturated rings. The van der Waals surface area contributed by atoms with Crippen LogP contribution in [0.5, 0.6) is 0 Å². The highest BCUT2D eigenvalue weighted by Crippen LogP contribution is 2.42. The molecule has 2 N–H and O–H groups in total. The molecule has 3 aliphatic heterocycles. The van der Waals surface area contributed by atoms with Crippen LogP contribution in [0.15, 0.2) is 16.4 Å². The molecule has 17 heteroatoms. The highest BCUT2D eigenvalue weighted by Gasteiger charge is 2.56. The van der Waals surface area contributed by atoms with Crippen molar-refractivity contribution in [3.05, 3.63) is 21.8 Å². The van der Waals surface area contributed by atoms with E-state index in [0.717, 1.165) is 0 Å². The van der Waals surface area contributed by atoms with Crippen molar-refractivity contribution in [2.45, 2.75) is 167 Å². The molecule has 3 rings (SSSR count). The molecule has 0 aromatic heterocycles. The van der Waals surface area contributed by atoms with Crippen LogP contribution in [0.1, 0.15) is 101 Å². The minimum absolute atomic E-state index is 0.0266. The molecule has 0 bridgehead atoms. The molecule has 314 valence electrons. The molecular weight excluding hydrogens is 731 g/mol. The number of carbonyl (C=O) groups excluding carboxylic acids is 2. The summed E-state index contributed by atoms with van der Waals surface area (Å²) in [6.07, 6.45) is -0.344. The third-order valence-electron chi connectivity index (χ3n) is 11.5. The van der Waals surface area contributed by atoms with Gasteiger partial charge >= 0.3 is 12.1 Å². The van der Waals surface area contributed by atoms with Crippen LogP contribution >= 0.6 is 8.46 Å². The molecule has 0 aromatic rings. The number of methoxy groups -OCH3 is 1. The quantitative estimate of drug-likeness (QED) is 0.0336. The first kappa shape index (κ1) is 46.8. The Hall–Kier alpha value is -2.55. The van der Waals surface area contributed by atoms with Crippen LogP contribution in [0.25, 0.3) is 10.4 Å². The van der Waals surface area contributed by atoms with Gasteiger partial charge in [0.15, 0.2) is 20.4 Å². The zero-order chi connectivity index (χ0) is 41.5. The topological polar surface area (TPSA) is 194 Å². The molecule has 3 unspecified atom stereocenters. The van der Waals surface area contributed by atoms with Gasteiger partial charge in [-0.15, -0.1) is 0 Å². The van der Waals surface area contributed by atoms with E-state index in [9.17, 15) is 19.3 Å². The molecule has 0 spiro atoms. The summed E-state index contributed by atoms with van der Waals surface area (Å²) in [4.78, 5) is 32.8. The van der Waals surface area contributed by atoms with Gasteiger partial charge in [-0.25, -0.2) is 9.59 Å². The average molecular weight is 799 g/mol. The van der Waals surface area contributed by atoms with Crippen molar-refractivity contribution in [3.8, 4) is 0 Å². The second-order valence-electron chi connectivity index (χ2n) is 16.7. The van der Waals surface area contributed by atoms with Crippen LogP contribution in [0.3, 0.4) is 0 Å². The van der Waals surface area contributed by atoms with Gasteiger partial charge in [-0.2, -0.15) is 0 Å². The number of aliphatic hydroxyl groups is 1. The summed E-state index contributed by atoms with van der Waals surface area (Å²) >= 11 is 0. The van der Waals surface area contributed by atoms with Crippen LogP contribution in [0.2, 0.25) is 0 Å². The number of nitrogens with zero attached hydrogens (tertiary/aromatic N) is 5. The number of azide groups is 1. The van der Waals surface area contributed by atoms with Crippen molar-refractivity contribution in [1.29, 1.82) is 0 Å². The van der Waals surface area contributed by atoms with Gasteiger partial charge in [0.1, 0.15) is 11.4 Å². The summed E-state index contributed by atoms with van der Waals surface area (Å²) in [5, 5.41) is 18.3. The standard InChI is InChI=1S/C38H67N6O10P/c1-14-28(45)38(10)31(44(35(47)54-38)18-16-15-17-41-42-39)26(6)40-21-22(2)20-37(9,49-13)32(24(4)29-25(5)33(46)53-36(7,8)52-29)51-34-30(55-48)27(43(11)12)19-23(3)50-34/h22-24,26-28,30-32,34,40,45H,14-21H2,1-13H3/t22-,23?,24+,26-,27?,28-,30?,31-,32-,34+,37-,38-/m1/s1. The van der Waals surface area contributed by atoms with Crippen LogP contribution in [0, 0.1) is 11.8 Å². The number of ether oxygens (including phenoxy) is 6. The average Bonchev–Trinajstić information content (AvgIpc) is 3.38. The fourth-order valence-electron chi connectivity index (χ4n) is 8.53. The number of hydrogen-bond acceptors (Lipinski definition) is 13. The number of aliphatic hydroxyl groups excluding tert-OH is 1. The Labute approximate surface area is 329 Å². The van der Waals surface area contributed by atoms with Crippen molar-refractivity contribution in [2.24, 2.45) is 17.0 Å². The number of rotatable bonds is 21. The van der Waals surface area contributed by atoms with Crippen LogP contribution in [0.4, 0.5) is 4.79 Å². The zero-order valence-electron chi connectivity index (χ0n) is 35.2. The number of hydrogen-bond donors (Lipinski definition) is 2. The number of nitrogens with one attached hydrogen (secondary N) is 1. The molecule has 12 atom stereocenters. The first-order valence-electron chi connectivity index (χ1n) is 19.6. The van der Waals surface area contributed by atoms with Gasteiger partial charge in [0.05, 0.1) is 35.5 Å². The van der Waals surface area contributed by atoms with Crippen molar-refractivity contribution in [3.63, 3.8) is 0 Å². The number of amides is 1. The Bertz CT molecular complexity index is 1410. The lowest BCUT2D eigenvalue weighted by molar-refractivity contribution is -0.266. The maximum atomic E-state index is 13.2. The van der Waals surface area contributed by atoms with E-state index in [2.05, 4.69) is 22.3 Å². The summed E-state index contributed by atoms with van der Waals surface area (Å²) in [6.45, 7) is 19.8. The second-order valence-corrected chi connectivity index (χ2v) is 17.5.